The summed E-state index contributed by atoms with van der Waals surface area (Å²) in [6.45, 7) is 3.88. The summed E-state index contributed by atoms with van der Waals surface area (Å²) in [4.78, 5) is 21.0. The van der Waals surface area contributed by atoms with Crippen LogP contribution in [0.2, 0.25) is 0 Å². The van der Waals surface area contributed by atoms with Crippen LogP contribution in [0.1, 0.15) is 29.3 Å². The number of nitrogens with one attached hydrogen (secondary N) is 2. The molecule has 2 aliphatic heterocycles. The molecule has 3 heterocycles. The first-order valence-electron chi connectivity index (χ1n) is 6.25. The second-order valence-corrected chi connectivity index (χ2v) is 5.06. The van der Waals surface area contributed by atoms with Gasteiger partial charge in [0.15, 0.2) is 0 Å². The van der Waals surface area contributed by atoms with Crippen LogP contribution in [-0.2, 0) is 13.0 Å². The first-order chi connectivity index (χ1) is 8.24. The van der Waals surface area contributed by atoms with Crippen LogP contribution in [0, 0.1) is 0 Å². The fourth-order valence-corrected chi connectivity index (χ4v) is 2.92. The van der Waals surface area contributed by atoms with Crippen molar-refractivity contribution in [1.82, 2.24) is 20.2 Å². The molecule has 0 spiro atoms. The largest absolute Gasteiger partial charge is 0.345 e. The van der Waals surface area contributed by atoms with Crippen molar-refractivity contribution >= 4 is 0 Å². The van der Waals surface area contributed by atoms with Crippen molar-refractivity contribution in [1.29, 1.82) is 0 Å². The molecule has 1 aromatic rings. The maximum Gasteiger partial charge on any atom is 0.345 e. The van der Waals surface area contributed by atoms with E-state index in [-0.39, 0.29) is 5.69 Å². The zero-order valence-corrected chi connectivity index (χ0v) is 10.1. The number of aromatic amines is 1. The van der Waals surface area contributed by atoms with E-state index >= 15 is 0 Å². The molecule has 0 aromatic carbocycles. The first-order valence-corrected chi connectivity index (χ1v) is 6.25. The monoisotopic (exact) mass is 234 g/mol. The number of hydrogen-bond donors (Lipinski definition) is 2. The van der Waals surface area contributed by atoms with E-state index in [9.17, 15) is 4.79 Å². The fourth-order valence-electron chi connectivity index (χ4n) is 2.92. The van der Waals surface area contributed by atoms with E-state index in [1.807, 2.05) is 0 Å². The number of aromatic nitrogens is 2. The van der Waals surface area contributed by atoms with Gasteiger partial charge in [-0.25, -0.2) is 4.79 Å². The number of likely N-dealkylation sites (tertiary alicyclic amines) is 1. The SMILES string of the molecule is CN1CCC(c2nc(=O)[nH]c3c2CCNC3)C1. The molecule has 0 amide bonds. The van der Waals surface area contributed by atoms with Crippen molar-refractivity contribution in [2.24, 2.45) is 0 Å². The number of fused-ring (bicyclic) bond motifs is 1. The molecule has 2 aliphatic rings. The van der Waals surface area contributed by atoms with Gasteiger partial charge < -0.3 is 15.2 Å². The maximum absolute atomic E-state index is 11.6. The Labute approximate surface area is 100 Å². The molecule has 1 aromatic heterocycles. The highest BCUT2D eigenvalue weighted by Crippen LogP contribution is 2.28. The Morgan fingerprint density at radius 2 is 2.35 bits per heavy atom. The first kappa shape index (κ1) is 10.9. The van der Waals surface area contributed by atoms with Gasteiger partial charge in [0.1, 0.15) is 0 Å². The molecule has 1 atom stereocenters. The summed E-state index contributed by atoms with van der Waals surface area (Å²) in [6, 6.07) is 0. The third-order valence-electron chi connectivity index (χ3n) is 3.78. The predicted molar refractivity (Wildman–Crippen MR) is 65.1 cm³/mol. The van der Waals surface area contributed by atoms with E-state index in [0.29, 0.717) is 5.92 Å². The molecule has 92 valence electrons. The average molecular weight is 234 g/mol. The minimum atomic E-state index is -0.197. The van der Waals surface area contributed by atoms with E-state index in [2.05, 4.69) is 27.2 Å². The van der Waals surface area contributed by atoms with E-state index in [4.69, 9.17) is 0 Å². The molecule has 1 saturated heterocycles. The smallest absolute Gasteiger partial charge is 0.311 e. The summed E-state index contributed by atoms with van der Waals surface area (Å²) in [6.07, 6.45) is 2.10. The van der Waals surface area contributed by atoms with E-state index in [0.717, 1.165) is 50.4 Å². The molecule has 0 bridgehead atoms. The summed E-state index contributed by atoms with van der Waals surface area (Å²) >= 11 is 0. The lowest BCUT2D eigenvalue weighted by atomic mass is 9.95. The van der Waals surface area contributed by atoms with Crippen LogP contribution in [0.4, 0.5) is 0 Å². The van der Waals surface area contributed by atoms with Crippen LogP contribution < -0.4 is 11.0 Å². The van der Waals surface area contributed by atoms with Gasteiger partial charge in [0.05, 0.1) is 5.69 Å². The number of likely N-dealkylation sites (N-methyl/N-ethyl adjacent to an activating group) is 1. The van der Waals surface area contributed by atoms with Crippen molar-refractivity contribution < 1.29 is 0 Å². The summed E-state index contributed by atoms with van der Waals surface area (Å²) in [5.74, 6) is 0.439. The molecular weight excluding hydrogens is 216 g/mol. The molecule has 5 nitrogen and oxygen atoms in total. The molecular formula is C12H18N4O. The van der Waals surface area contributed by atoms with Crippen LogP contribution in [0.15, 0.2) is 4.79 Å². The topological polar surface area (TPSA) is 61.0 Å². The third-order valence-corrected chi connectivity index (χ3v) is 3.78. The standard InChI is InChI=1S/C12H18N4O/c1-16-5-3-8(7-16)11-9-2-4-13-6-10(9)14-12(17)15-11/h8,13H,2-7H2,1H3,(H,14,15,17). The Morgan fingerprint density at radius 1 is 1.47 bits per heavy atom. The normalized spacial score (nSPS) is 24.9. The van der Waals surface area contributed by atoms with Crippen molar-refractivity contribution in [2.75, 3.05) is 26.7 Å². The Bertz CT molecular complexity index is 482. The molecule has 0 aliphatic carbocycles. The van der Waals surface area contributed by atoms with Crippen molar-refractivity contribution in [3.63, 3.8) is 0 Å². The lowest BCUT2D eigenvalue weighted by Crippen LogP contribution is -2.31. The van der Waals surface area contributed by atoms with Crippen molar-refractivity contribution in [3.8, 4) is 0 Å². The molecule has 2 N–H and O–H groups in total. The Morgan fingerprint density at radius 3 is 3.12 bits per heavy atom. The molecule has 0 saturated carbocycles. The van der Waals surface area contributed by atoms with Gasteiger partial charge >= 0.3 is 5.69 Å². The van der Waals surface area contributed by atoms with Gasteiger partial charge in [0.25, 0.3) is 0 Å². The van der Waals surface area contributed by atoms with Crippen LogP contribution in [-0.4, -0.2) is 41.5 Å². The van der Waals surface area contributed by atoms with Gasteiger partial charge in [-0.3, -0.25) is 0 Å². The highest BCUT2D eigenvalue weighted by Gasteiger charge is 2.27. The predicted octanol–water partition coefficient (Wildman–Crippen LogP) is -0.165. The minimum Gasteiger partial charge on any atom is -0.311 e. The number of H-pyrrole nitrogens is 1. The van der Waals surface area contributed by atoms with Crippen LogP contribution in [0.5, 0.6) is 0 Å². The van der Waals surface area contributed by atoms with Crippen molar-refractivity contribution in [2.45, 2.75) is 25.3 Å². The molecule has 17 heavy (non-hydrogen) atoms. The summed E-state index contributed by atoms with van der Waals surface area (Å²) < 4.78 is 0. The van der Waals surface area contributed by atoms with E-state index in [1.165, 1.54) is 5.56 Å². The van der Waals surface area contributed by atoms with Crippen LogP contribution in [0.3, 0.4) is 0 Å². The molecule has 1 unspecified atom stereocenters. The second kappa shape index (κ2) is 4.23. The van der Waals surface area contributed by atoms with E-state index < -0.39 is 0 Å². The maximum atomic E-state index is 11.6. The van der Waals surface area contributed by atoms with Gasteiger partial charge in [-0.2, -0.15) is 4.98 Å². The Balaban J connectivity index is 2.03. The Hall–Kier alpha value is -1.20. The number of rotatable bonds is 1. The van der Waals surface area contributed by atoms with Crippen LogP contribution >= 0.6 is 0 Å². The van der Waals surface area contributed by atoms with Crippen molar-refractivity contribution in [3.05, 3.63) is 27.4 Å². The van der Waals surface area contributed by atoms with Crippen LogP contribution in [0.25, 0.3) is 0 Å². The quantitative estimate of drug-likeness (QED) is 0.708. The lowest BCUT2D eigenvalue weighted by molar-refractivity contribution is 0.410. The Kier molecular flexibility index (Phi) is 2.72. The zero-order chi connectivity index (χ0) is 11.8. The molecule has 5 heteroatoms. The molecule has 0 radical (unpaired) electrons. The minimum absolute atomic E-state index is 0.197. The average Bonchev–Trinajstić information content (AvgIpc) is 2.74. The zero-order valence-electron chi connectivity index (χ0n) is 10.1. The van der Waals surface area contributed by atoms with Gasteiger partial charge in [-0.05, 0) is 38.5 Å². The van der Waals surface area contributed by atoms with Gasteiger partial charge in [-0.1, -0.05) is 0 Å². The third kappa shape index (κ3) is 2.00. The highest BCUT2D eigenvalue weighted by atomic mass is 16.1. The highest BCUT2D eigenvalue weighted by molar-refractivity contribution is 5.30. The second-order valence-electron chi connectivity index (χ2n) is 5.06. The summed E-state index contributed by atoms with van der Waals surface area (Å²) in [7, 11) is 2.13. The molecule has 3 rings (SSSR count). The summed E-state index contributed by atoms with van der Waals surface area (Å²) in [5.41, 5.74) is 3.18. The lowest BCUT2D eigenvalue weighted by Gasteiger charge is -2.21. The fraction of sp³-hybridized carbons (Fsp3) is 0.667. The number of hydrogen-bond acceptors (Lipinski definition) is 4. The van der Waals surface area contributed by atoms with E-state index in [1.54, 1.807) is 0 Å². The molecule has 1 fully saturated rings. The van der Waals surface area contributed by atoms with Gasteiger partial charge in [0, 0.05) is 24.7 Å². The number of nitrogens with zero attached hydrogens (tertiary/aromatic N) is 2. The van der Waals surface area contributed by atoms with Gasteiger partial charge in [0.2, 0.25) is 0 Å². The van der Waals surface area contributed by atoms with Gasteiger partial charge in [-0.15, -0.1) is 0 Å². The summed E-state index contributed by atoms with van der Waals surface area (Å²) in [5, 5.41) is 3.29.